The van der Waals surface area contributed by atoms with Gasteiger partial charge in [0, 0.05) is 11.6 Å². The first-order valence-corrected chi connectivity index (χ1v) is 5.03. The lowest BCUT2D eigenvalue weighted by Crippen LogP contribution is -2.10. The summed E-state index contributed by atoms with van der Waals surface area (Å²) in [6.45, 7) is 1.73. The topological polar surface area (TPSA) is 35.2 Å². The van der Waals surface area contributed by atoms with Gasteiger partial charge in [0.2, 0.25) is 0 Å². The molecule has 0 saturated carbocycles. The van der Waals surface area contributed by atoms with E-state index in [1.807, 2.05) is 0 Å². The molecule has 0 aliphatic rings. The van der Waals surface area contributed by atoms with E-state index in [0.29, 0.717) is 11.3 Å². The average molecular weight is 245 g/mol. The van der Waals surface area contributed by atoms with Crippen LogP contribution in [0.15, 0.2) is 24.3 Å². The largest absolute Gasteiger partial charge is 0.496 e. The van der Waals surface area contributed by atoms with Gasteiger partial charge >= 0.3 is 6.18 Å². The Morgan fingerprint density at radius 3 is 2.47 bits per heavy atom. The van der Waals surface area contributed by atoms with Crippen LogP contribution in [0, 0.1) is 0 Å². The van der Waals surface area contributed by atoms with E-state index in [1.165, 1.54) is 19.3 Å². The van der Waals surface area contributed by atoms with E-state index < -0.39 is 11.7 Å². The molecule has 2 N–H and O–H groups in total. The van der Waals surface area contributed by atoms with Gasteiger partial charge in [-0.3, -0.25) is 0 Å². The molecule has 0 saturated heterocycles. The molecule has 0 heterocycles. The van der Waals surface area contributed by atoms with Gasteiger partial charge in [-0.05, 0) is 25.1 Å². The number of hydrogen-bond donors (Lipinski definition) is 1. The Morgan fingerprint density at radius 1 is 1.35 bits per heavy atom. The zero-order chi connectivity index (χ0) is 13.1. The Kier molecular flexibility index (Phi) is 4.17. The number of halogens is 3. The standard InChI is InChI=1S/C12H14F3NO/c1-8(16)3-4-9-7-10(12(13,14)15)5-6-11(9)17-2/h3-8H,16H2,1-2H3/b4-3+. The van der Waals surface area contributed by atoms with E-state index in [4.69, 9.17) is 10.5 Å². The molecule has 1 atom stereocenters. The Hall–Kier alpha value is -1.49. The first-order chi connectivity index (χ1) is 7.84. The maximum absolute atomic E-state index is 12.5. The summed E-state index contributed by atoms with van der Waals surface area (Å²) in [7, 11) is 1.41. The minimum Gasteiger partial charge on any atom is -0.496 e. The highest BCUT2D eigenvalue weighted by Gasteiger charge is 2.30. The van der Waals surface area contributed by atoms with Crippen molar-refractivity contribution in [2.45, 2.75) is 19.1 Å². The van der Waals surface area contributed by atoms with Gasteiger partial charge in [0.25, 0.3) is 0 Å². The second kappa shape index (κ2) is 5.23. The van der Waals surface area contributed by atoms with Crippen molar-refractivity contribution >= 4 is 6.08 Å². The van der Waals surface area contributed by atoms with Crippen molar-refractivity contribution in [1.82, 2.24) is 0 Å². The predicted octanol–water partition coefficient (Wildman–Crippen LogP) is 3.07. The summed E-state index contributed by atoms with van der Waals surface area (Å²) in [6.07, 6.45) is -1.22. The van der Waals surface area contributed by atoms with E-state index in [9.17, 15) is 13.2 Å². The first-order valence-electron chi connectivity index (χ1n) is 5.03. The number of hydrogen-bond acceptors (Lipinski definition) is 2. The third kappa shape index (κ3) is 3.78. The molecule has 1 aromatic carbocycles. The van der Waals surface area contributed by atoms with Crippen molar-refractivity contribution in [3.05, 3.63) is 35.4 Å². The molecule has 0 fully saturated rings. The fourth-order valence-electron chi connectivity index (χ4n) is 1.30. The third-order valence-electron chi connectivity index (χ3n) is 2.14. The number of alkyl halides is 3. The van der Waals surface area contributed by atoms with Gasteiger partial charge in [-0.25, -0.2) is 0 Å². The minimum atomic E-state index is -4.36. The number of rotatable bonds is 3. The van der Waals surface area contributed by atoms with Gasteiger partial charge in [-0.1, -0.05) is 12.2 Å². The maximum Gasteiger partial charge on any atom is 0.416 e. The lowest BCUT2D eigenvalue weighted by atomic mass is 10.1. The minimum absolute atomic E-state index is 0.228. The van der Waals surface area contributed by atoms with E-state index in [0.717, 1.165) is 12.1 Å². The van der Waals surface area contributed by atoms with Crippen LogP contribution in [0.3, 0.4) is 0 Å². The fraction of sp³-hybridized carbons (Fsp3) is 0.333. The third-order valence-corrected chi connectivity index (χ3v) is 2.14. The molecule has 0 aromatic heterocycles. The van der Waals surface area contributed by atoms with Gasteiger partial charge in [0.15, 0.2) is 0 Å². The van der Waals surface area contributed by atoms with Crippen molar-refractivity contribution in [2.75, 3.05) is 7.11 Å². The highest BCUT2D eigenvalue weighted by atomic mass is 19.4. The molecule has 0 radical (unpaired) electrons. The monoisotopic (exact) mass is 245 g/mol. The van der Waals surface area contributed by atoms with Crippen LogP contribution >= 0.6 is 0 Å². The summed E-state index contributed by atoms with van der Waals surface area (Å²) >= 11 is 0. The molecule has 17 heavy (non-hydrogen) atoms. The second-order valence-electron chi connectivity index (χ2n) is 3.67. The first kappa shape index (κ1) is 13.6. The Balaban J connectivity index is 3.16. The van der Waals surface area contributed by atoms with Gasteiger partial charge in [-0.15, -0.1) is 0 Å². The van der Waals surface area contributed by atoms with Crippen LogP contribution in [-0.4, -0.2) is 13.2 Å². The highest BCUT2D eigenvalue weighted by Crippen LogP contribution is 2.32. The fourth-order valence-corrected chi connectivity index (χ4v) is 1.30. The maximum atomic E-state index is 12.5. The van der Waals surface area contributed by atoms with E-state index in [2.05, 4.69) is 0 Å². The van der Waals surface area contributed by atoms with E-state index in [-0.39, 0.29) is 6.04 Å². The van der Waals surface area contributed by atoms with Crippen molar-refractivity contribution in [3.63, 3.8) is 0 Å². The molecule has 1 aromatic rings. The number of methoxy groups -OCH3 is 1. The molecule has 5 heteroatoms. The molecular weight excluding hydrogens is 231 g/mol. The number of nitrogens with two attached hydrogens (primary N) is 1. The van der Waals surface area contributed by atoms with Gasteiger partial charge in [-0.2, -0.15) is 13.2 Å². The molecule has 0 spiro atoms. The van der Waals surface area contributed by atoms with Crippen LogP contribution in [0.25, 0.3) is 6.08 Å². The van der Waals surface area contributed by atoms with Crippen LogP contribution in [-0.2, 0) is 6.18 Å². The molecule has 0 aliphatic carbocycles. The van der Waals surface area contributed by atoms with Crippen LogP contribution in [0.5, 0.6) is 5.75 Å². The summed E-state index contributed by atoms with van der Waals surface area (Å²) in [5.74, 6) is 0.384. The lowest BCUT2D eigenvalue weighted by Gasteiger charge is -2.10. The Bertz CT molecular complexity index is 411. The molecular formula is C12H14F3NO. The summed E-state index contributed by atoms with van der Waals surface area (Å²) in [5, 5.41) is 0. The zero-order valence-electron chi connectivity index (χ0n) is 9.58. The van der Waals surface area contributed by atoms with Crippen molar-refractivity contribution in [3.8, 4) is 5.75 Å². The molecule has 1 unspecified atom stereocenters. The SMILES string of the molecule is COc1ccc(C(F)(F)F)cc1/C=C/C(C)N. The van der Waals surface area contributed by atoms with E-state index >= 15 is 0 Å². The van der Waals surface area contributed by atoms with Crippen LogP contribution in [0.1, 0.15) is 18.1 Å². The molecule has 0 amide bonds. The zero-order valence-corrected chi connectivity index (χ0v) is 9.58. The van der Waals surface area contributed by atoms with Gasteiger partial charge in [0.1, 0.15) is 5.75 Å². The summed E-state index contributed by atoms with van der Waals surface area (Å²) in [6, 6.07) is 3.10. The van der Waals surface area contributed by atoms with Crippen molar-refractivity contribution < 1.29 is 17.9 Å². The normalized spacial score (nSPS) is 14.0. The van der Waals surface area contributed by atoms with Crippen molar-refractivity contribution in [1.29, 1.82) is 0 Å². The number of benzene rings is 1. The second-order valence-corrected chi connectivity index (χ2v) is 3.67. The lowest BCUT2D eigenvalue weighted by molar-refractivity contribution is -0.137. The van der Waals surface area contributed by atoms with Crippen LogP contribution < -0.4 is 10.5 Å². The summed E-state index contributed by atoms with van der Waals surface area (Å²) < 4.78 is 42.5. The molecule has 2 nitrogen and oxygen atoms in total. The molecule has 94 valence electrons. The summed E-state index contributed by atoms with van der Waals surface area (Å²) in [4.78, 5) is 0. The quantitative estimate of drug-likeness (QED) is 0.888. The number of ether oxygens (including phenoxy) is 1. The molecule has 0 aliphatic heterocycles. The van der Waals surface area contributed by atoms with Crippen LogP contribution in [0.2, 0.25) is 0 Å². The average Bonchev–Trinajstić information content (AvgIpc) is 2.24. The Morgan fingerprint density at radius 2 is 2.00 bits per heavy atom. The van der Waals surface area contributed by atoms with E-state index in [1.54, 1.807) is 13.0 Å². The summed E-state index contributed by atoms with van der Waals surface area (Å²) in [5.41, 5.74) is 5.16. The van der Waals surface area contributed by atoms with Crippen LogP contribution in [0.4, 0.5) is 13.2 Å². The van der Waals surface area contributed by atoms with Crippen molar-refractivity contribution in [2.24, 2.45) is 5.73 Å². The predicted molar refractivity (Wildman–Crippen MR) is 60.7 cm³/mol. The Labute approximate surface area is 97.9 Å². The van der Waals surface area contributed by atoms with Gasteiger partial charge < -0.3 is 10.5 Å². The van der Waals surface area contributed by atoms with Gasteiger partial charge in [0.05, 0.1) is 12.7 Å². The smallest absolute Gasteiger partial charge is 0.416 e. The molecule has 1 rings (SSSR count). The molecule has 0 bridgehead atoms. The highest BCUT2D eigenvalue weighted by molar-refractivity contribution is 5.59.